The van der Waals surface area contributed by atoms with Crippen molar-refractivity contribution in [2.24, 2.45) is 0 Å². The molecule has 0 fully saturated rings. The Morgan fingerprint density at radius 2 is 1.84 bits per heavy atom. The quantitative estimate of drug-likeness (QED) is 0.863. The maximum atomic E-state index is 11.9. The number of amides is 1. The molecule has 0 spiro atoms. The highest BCUT2D eigenvalue weighted by molar-refractivity contribution is 6.35. The van der Waals surface area contributed by atoms with Gasteiger partial charge in [-0.25, -0.2) is 0 Å². The van der Waals surface area contributed by atoms with E-state index in [0.29, 0.717) is 10.0 Å². The van der Waals surface area contributed by atoms with Crippen LogP contribution in [-0.4, -0.2) is 18.0 Å². The van der Waals surface area contributed by atoms with Gasteiger partial charge in [0.25, 0.3) is 5.91 Å². The van der Waals surface area contributed by atoms with Crippen molar-refractivity contribution < 1.29 is 10.1 Å². The fraction of sp³-hybridized carbons (Fsp3) is 0.500. The summed E-state index contributed by atoms with van der Waals surface area (Å²) in [5.41, 5.74) is 0.982. The standard InChI is InChI=1S/C14H20Cl2N2O/c1-8(2)17-14(19)10(4)18-9(3)12-6-5-11(15)7-13(12)16/h5-10,18H,1-4H3,(H,17,19)/p+1/t9-,10-/m0/s1. The Balaban J connectivity index is 2.68. The van der Waals surface area contributed by atoms with Gasteiger partial charge in [-0.05, 0) is 39.8 Å². The summed E-state index contributed by atoms with van der Waals surface area (Å²) >= 11 is 12.0. The number of nitrogens with one attached hydrogen (secondary N) is 1. The van der Waals surface area contributed by atoms with E-state index in [-0.39, 0.29) is 24.0 Å². The maximum Gasteiger partial charge on any atom is 0.278 e. The molecule has 5 heteroatoms. The Kier molecular flexibility index (Phi) is 6.11. The molecule has 106 valence electrons. The summed E-state index contributed by atoms with van der Waals surface area (Å²) in [5.74, 6) is 0.0342. The molecule has 3 N–H and O–H groups in total. The largest absolute Gasteiger partial charge is 0.349 e. The molecule has 0 saturated heterocycles. The Morgan fingerprint density at radius 1 is 1.21 bits per heavy atom. The van der Waals surface area contributed by atoms with E-state index in [2.05, 4.69) is 5.32 Å². The van der Waals surface area contributed by atoms with Gasteiger partial charge in [0.05, 0.1) is 5.02 Å². The highest BCUT2D eigenvalue weighted by atomic mass is 35.5. The molecule has 0 heterocycles. The average Bonchev–Trinajstić information content (AvgIpc) is 2.27. The lowest BCUT2D eigenvalue weighted by atomic mass is 10.1. The van der Waals surface area contributed by atoms with Crippen LogP contribution in [0.25, 0.3) is 0 Å². The fourth-order valence-electron chi connectivity index (χ4n) is 1.91. The van der Waals surface area contributed by atoms with Gasteiger partial charge >= 0.3 is 0 Å². The number of rotatable bonds is 5. The molecule has 0 saturated carbocycles. The summed E-state index contributed by atoms with van der Waals surface area (Å²) in [4.78, 5) is 11.9. The number of hydrogen-bond acceptors (Lipinski definition) is 1. The van der Waals surface area contributed by atoms with Crippen molar-refractivity contribution in [2.75, 3.05) is 0 Å². The van der Waals surface area contributed by atoms with Gasteiger partial charge in [0, 0.05) is 16.6 Å². The molecule has 2 atom stereocenters. The number of halogens is 2. The minimum absolute atomic E-state index is 0.0342. The zero-order valence-corrected chi connectivity index (χ0v) is 13.2. The first-order chi connectivity index (χ1) is 8.81. The molecule has 1 aromatic carbocycles. The lowest BCUT2D eigenvalue weighted by Gasteiger charge is -2.18. The first-order valence-corrected chi connectivity index (χ1v) is 7.17. The topological polar surface area (TPSA) is 45.7 Å². The van der Waals surface area contributed by atoms with Crippen LogP contribution in [0.3, 0.4) is 0 Å². The summed E-state index contributed by atoms with van der Waals surface area (Å²) in [5, 5.41) is 6.14. The Hall–Kier alpha value is -0.770. The number of benzene rings is 1. The molecule has 3 nitrogen and oxygen atoms in total. The van der Waals surface area contributed by atoms with E-state index < -0.39 is 0 Å². The molecule has 0 radical (unpaired) electrons. The summed E-state index contributed by atoms with van der Waals surface area (Å²) in [7, 11) is 0. The summed E-state index contributed by atoms with van der Waals surface area (Å²) in [6, 6.07) is 5.52. The van der Waals surface area contributed by atoms with Crippen molar-refractivity contribution in [1.29, 1.82) is 0 Å². The molecule has 0 unspecified atom stereocenters. The van der Waals surface area contributed by atoms with E-state index in [1.807, 2.05) is 45.1 Å². The van der Waals surface area contributed by atoms with Gasteiger partial charge in [0.15, 0.2) is 6.04 Å². The van der Waals surface area contributed by atoms with Crippen molar-refractivity contribution in [3.8, 4) is 0 Å². The van der Waals surface area contributed by atoms with Gasteiger partial charge in [-0.1, -0.05) is 29.3 Å². The van der Waals surface area contributed by atoms with E-state index >= 15 is 0 Å². The molecular weight excluding hydrogens is 283 g/mol. The van der Waals surface area contributed by atoms with E-state index in [0.717, 1.165) is 5.56 Å². The number of hydrogen-bond donors (Lipinski definition) is 2. The molecule has 0 aromatic heterocycles. The van der Waals surface area contributed by atoms with E-state index in [4.69, 9.17) is 23.2 Å². The van der Waals surface area contributed by atoms with Crippen LogP contribution < -0.4 is 10.6 Å². The number of nitrogens with two attached hydrogens (primary N) is 1. The zero-order valence-electron chi connectivity index (χ0n) is 11.7. The first kappa shape index (κ1) is 16.3. The SMILES string of the molecule is CC(C)NC(=O)[C@H](C)[NH2+][C@@H](C)c1ccc(Cl)cc1Cl. The number of carbonyl (C=O) groups excluding carboxylic acids is 1. The second-order valence-corrected chi connectivity index (χ2v) is 5.94. The van der Waals surface area contributed by atoms with Crippen LogP contribution in [0.4, 0.5) is 0 Å². The van der Waals surface area contributed by atoms with Gasteiger partial charge in [-0.3, -0.25) is 4.79 Å². The van der Waals surface area contributed by atoms with Crippen LogP contribution in [0.1, 0.15) is 39.3 Å². The van der Waals surface area contributed by atoms with Crippen molar-refractivity contribution >= 4 is 29.1 Å². The average molecular weight is 304 g/mol. The minimum atomic E-state index is -0.163. The van der Waals surface area contributed by atoms with Crippen molar-refractivity contribution in [1.82, 2.24) is 5.32 Å². The third-order valence-electron chi connectivity index (χ3n) is 2.87. The molecule has 1 aromatic rings. The smallest absolute Gasteiger partial charge is 0.278 e. The zero-order chi connectivity index (χ0) is 14.6. The second kappa shape index (κ2) is 7.13. The predicted octanol–water partition coefficient (Wildman–Crippen LogP) is 2.53. The Morgan fingerprint density at radius 3 is 2.37 bits per heavy atom. The summed E-state index contributed by atoms with van der Waals surface area (Å²) in [6.45, 7) is 7.81. The minimum Gasteiger partial charge on any atom is -0.349 e. The lowest BCUT2D eigenvalue weighted by molar-refractivity contribution is -0.710. The molecule has 0 aliphatic heterocycles. The van der Waals surface area contributed by atoms with Crippen LogP contribution in [0, 0.1) is 0 Å². The molecule has 19 heavy (non-hydrogen) atoms. The highest BCUT2D eigenvalue weighted by Crippen LogP contribution is 2.24. The summed E-state index contributed by atoms with van der Waals surface area (Å²) < 4.78 is 0. The normalized spacial score (nSPS) is 14.3. The molecule has 0 aliphatic rings. The van der Waals surface area contributed by atoms with Crippen LogP contribution in [0.2, 0.25) is 10.0 Å². The fourth-order valence-corrected chi connectivity index (χ4v) is 2.49. The van der Waals surface area contributed by atoms with Gasteiger partial charge in [-0.15, -0.1) is 0 Å². The van der Waals surface area contributed by atoms with E-state index in [1.165, 1.54) is 0 Å². The van der Waals surface area contributed by atoms with Gasteiger partial charge in [0.2, 0.25) is 0 Å². The third-order valence-corrected chi connectivity index (χ3v) is 3.44. The molecule has 1 rings (SSSR count). The maximum absolute atomic E-state index is 11.9. The Bertz CT molecular complexity index is 449. The first-order valence-electron chi connectivity index (χ1n) is 6.41. The van der Waals surface area contributed by atoms with Crippen molar-refractivity contribution in [2.45, 2.75) is 45.8 Å². The van der Waals surface area contributed by atoms with Crippen LogP contribution in [0.15, 0.2) is 18.2 Å². The van der Waals surface area contributed by atoms with Crippen LogP contribution in [0.5, 0.6) is 0 Å². The summed E-state index contributed by atoms with van der Waals surface area (Å²) in [6.07, 6.45) is 0. The van der Waals surface area contributed by atoms with Gasteiger partial charge in [-0.2, -0.15) is 0 Å². The second-order valence-electron chi connectivity index (χ2n) is 5.10. The Labute approximate surface area is 124 Å². The number of carbonyl (C=O) groups is 1. The molecule has 0 aliphatic carbocycles. The predicted molar refractivity (Wildman–Crippen MR) is 79.5 cm³/mol. The van der Waals surface area contributed by atoms with E-state index in [9.17, 15) is 4.79 Å². The molecule has 1 amide bonds. The van der Waals surface area contributed by atoms with Gasteiger partial charge < -0.3 is 10.6 Å². The van der Waals surface area contributed by atoms with Gasteiger partial charge in [0.1, 0.15) is 6.04 Å². The third kappa shape index (κ3) is 5.01. The van der Waals surface area contributed by atoms with Crippen LogP contribution >= 0.6 is 23.2 Å². The van der Waals surface area contributed by atoms with E-state index in [1.54, 1.807) is 6.07 Å². The monoisotopic (exact) mass is 303 g/mol. The van der Waals surface area contributed by atoms with Crippen LogP contribution in [-0.2, 0) is 4.79 Å². The number of quaternary nitrogens is 1. The highest BCUT2D eigenvalue weighted by Gasteiger charge is 2.21. The van der Waals surface area contributed by atoms with Crippen molar-refractivity contribution in [3.05, 3.63) is 33.8 Å². The molecule has 0 bridgehead atoms. The molecular formula is C14H21Cl2N2O+. The lowest BCUT2D eigenvalue weighted by Crippen LogP contribution is -2.92. The van der Waals surface area contributed by atoms with Crippen molar-refractivity contribution in [3.63, 3.8) is 0 Å².